The molecule has 0 spiro atoms. The predicted molar refractivity (Wildman–Crippen MR) is 313 cm³/mol. The Kier molecular flexibility index (Phi) is 31.9. The van der Waals surface area contributed by atoms with Crippen molar-refractivity contribution in [2.45, 2.75) is 189 Å². The number of alkyl carbamates (subject to hydrolysis) is 1. The first-order chi connectivity index (χ1) is 39.0. The van der Waals surface area contributed by atoms with E-state index in [2.05, 4.69) is 45.3 Å². The zero-order valence-corrected chi connectivity index (χ0v) is 51.7. The number of carboxylic acids is 1. The molecule has 1 saturated heterocycles. The Labute approximate surface area is 490 Å². The van der Waals surface area contributed by atoms with Crippen LogP contribution >= 0.6 is 11.3 Å². The molecule has 7 N–H and O–H groups in total. The Balaban J connectivity index is 1.56. The first-order valence-electron chi connectivity index (χ1n) is 29.4. The van der Waals surface area contributed by atoms with Gasteiger partial charge >= 0.3 is 18.2 Å². The van der Waals surface area contributed by atoms with E-state index in [1.165, 1.54) is 18.4 Å². The fraction of sp³-hybridized carbons (Fsp3) is 0.729. The number of benzene rings is 1. The minimum Gasteiger partial charge on any atom is -0.481 e. The second-order valence-corrected chi connectivity index (χ2v) is 23.7. The number of aliphatic carboxylic acids is 1. The molecule has 1 aliphatic heterocycles. The van der Waals surface area contributed by atoms with Crippen LogP contribution < -0.4 is 31.3 Å². The molecular weight excluding hydrogens is 1080 g/mol. The highest BCUT2D eigenvalue weighted by Crippen LogP contribution is 2.32. The van der Waals surface area contributed by atoms with Gasteiger partial charge in [-0.2, -0.15) is 0 Å². The van der Waals surface area contributed by atoms with E-state index < -0.39 is 60.6 Å². The van der Waals surface area contributed by atoms with Gasteiger partial charge < -0.3 is 65.4 Å². The molecule has 464 valence electrons. The average Bonchev–Trinajstić information content (AvgIpc) is 3.93. The average molecular weight is 1180 g/mol. The number of methoxy groups -OCH3 is 1. The zero-order valence-electron chi connectivity index (χ0n) is 50.8. The van der Waals surface area contributed by atoms with E-state index >= 15 is 0 Å². The highest BCUT2D eigenvalue weighted by Gasteiger charge is 2.38. The van der Waals surface area contributed by atoms with Crippen LogP contribution in [0.25, 0.3) is 0 Å². The lowest BCUT2D eigenvalue weighted by molar-refractivity contribution is -0.203. The molecule has 22 nitrogen and oxygen atoms in total. The van der Waals surface area contributed by atoms with Crippen molar-refractivity contribution in [2.24, 2.45) is 23.2 Å². The number of likely N-dealkylation sites (tertiary alicyclic amines) is 1. The second-order valence-electron chi connectivity index (χ2n) is 22.9. The highest BCUT2D eigenvalue weighted by molar-refractivity contribution is 7.09. The van der Waals surface area contributed by atoms with E-state index in [-0.39, 0.29) is 104 Å². The summed E-state index contributed by atoms with van der Waals surface area (Å²) in [6.45, 7) is 21.5. The van der Waals surface area contributed by atoms with Crippen molar-refractivity contribution in [1.29, 1.82) is 0 Å². The normalized spacial score (nSPS) is 16.8. The zero-order chi connectivity index (χ0) is 60.9. The van der Waals surface area contributed by atoms with Gasteiger partial charge in [-0.25, -0.2) is 14.6 Å². The number of amides is 6. The number of ether oxygens (including phenoxy) is 5. The number of aliphatic hydroxyl groups is 1. The number of rotatable bonds is 37. The summed E-state index contributed by atoms with van der Waals surface area (Å²) in [4.78, 5) is 100. The van der Waals surface area contributed by atoms with Crippen molar-refractivity contribution in [3.63, 3.8) is 0 Å². The molecule has 9 atom stereocenters. The monoisotopic (exact) mass is 1170 g/mol. The minimum absolute atomic E-state index is 0.0124. The summed E-state index contributed by atoms with van der Waals surface area (Å²) in [6.07, 6.45) is 3.49. The van der Waals surface area contributed by atoms with Crippen LogP contribution in [0.1, 0.15) is 167 Å². The van der Waals surface area contributed by atoms with Crippen LogP contribution in [0.3, 0.4) is 0 Å². The standard InChI is InChI=1S/C59H98N8O14S/c1-13-29-67(55(72)51(39(6)15-3)65-53(71)45-20-16-19-30-66(45)11)46(38(4)5)34-47(78-31-14-2)54-64-44(37-82-54)52(70)63-42(32-40(7)56(73)74)33-41-21-23-43(24-22-41)80-58(76)61-27-18-17-26-60-49(69)25-28-62-57(75)79-36-50(77-12)81-48(35-68)59(8,9)10/h21-24,37-40,42,45-48,50-51,68H,13-20,25-36H2,1-12H3,(H,60,69)(H,61,76)(H,62,75)(H,63,70)(H,65,71)(H,73,74)/t39-,40-,42+,45+,46+,47+,48?,50?,51-/m0/s1. The lowest BCUT2D eigenvalue weighted by Gasteiger charge is -2.40. The smallest absolute Gasteiger partial charge is 0.412 e. The van der Waals surface area contributed by atoms with E-state index in [4.69, 9.17) is 28.7 Å². The third-order valence-corrected chi connectivity index (χ3v) is 15.6. The fourth-order valence-electron chi connectivity index (χ4n) is 9.41. The van der Waals surface area contributed by atoms with Gasteiger partial charge in [-0.15, -0.1) is 11.3 Å². The van der Waals surface area contributed by atoms with Gasteiger partial charge in [-0.05, 0) is 99.9 Å². The van der Waals surface area contributed by atoms with Crippen LogP contribution in [-0.2, 0) is 44.5 Å². The van der Waals surface area contributed by atoms with Gasteiger partial charge in [0, 0.05) is 70.2 Å². The molecule has 1 aliphatic rings. The van der Waals surface area contributed by atoms with Crippen LogP contribution in [0.5, 0.6) is 5.75 Å². The fourth-order valence-corrected chi connectivity index (χ4v) is 10.3. The quantitative estimate of drug-likeness (QED) is 0.0259. The number of carboxylic acid groups (broad SMARTS) is 1. The Morgan fingerprint density at radius 1 is 0.890 bits per heavy atom. The Morgan fingerprint density at radius 2 is 1.57 bits per heavy atom. The van der Waals surface area contributed by atoms with Crippen molar-refractivity contribution < 1.29 is 67.5 Å². The van der Waals surface area contributed by atoms with Gasteiger partial charge in [0.1, 0.15) is 35.2 Å². The summed E-state index contributed by atoms with van der Waals surface area (Å²) in [7, 11) is 3.36. The maximum absolute atomic E-state index is 14.8. The number of nitrogens with one attached hydrogen (secondary N) is 5. The molecule has 2 aromatic rings. The molecule has 1 aromatic carbocycles. The molecule has 2 unspecified atom stereocenters. The van der Waals surface area contributed by atoms with E-state index in [1.807, 2.05) is 60.4 Å². The van der Waals surface area contributed by atoms with Gasteiger partial charge in [0.15, 0.2) is 6.29 Å². The molecule has 1 fully saturated rings. The molecule has 0 bridgehead atoms. The van der Waals surface area contributed by atoms with Crippen molar-refractivity contribution in [3.05, 3.63) is 45.9 Å². The first kappa shape index (κ1) is 70.8. The van der Waals surface area contributed by atoms with Crippen LogP contribution in [0, 0.1) is 23.2 Å². The largest absolute Gasteiger partial charge is 0.481 e. The minimum atomic E-state index is -1.00. The van der Waals surface area contributed by atoms with Crippen LogP contribution in [0.2, 0.25) is 0 Å². The summed E-state index contributed by atoms with van der Waals surface area (Å²) >= 11 is 1.29. The number of likely N-dealkylation sites (N-methyl/N-ethyl adjacent to an activating group) is 1. The number of nitrogens with zero attached hydrogens (tertiary/aromatic N) is 3. The predicted octanol–water partition coefficient (Wildman–Crippen LogP) is 7.23. The lowest BCUT2D eigenvalue weighted by atomic mass is 9.89. The number of aliphatic hydroxyl groups excluding tert-OH is 1. The van der Waals surface area contributed by atoms with Crippen molar-refractivity contribution in [2.75, 3.05) is 66.7 Å². The van der Waals surface area contributed by atoms with Crippen molar-refractivity contribution in [1.82, 2.24) is 41.4 Å². The van der Waals surface area contributed by atoms with Gasteiger partial charge in [0.2, 0.25) is 17.7 Å². The van der Waals surface area contributed by atoms with E-state index in [9.17, 15) is 43.8 Å². The number of unbranched alkanes of at least 4 members (excludes halogenated alkanes) is 1. The lowest BCUT2D eigenvalue weighted by Crippen LogP contribution is -2.58. The summed E-state index contributed by atoms with van der Waals surface area (Å²) in [5.74, 6) is -2.58. The first-order valence-corrected chi connectivity index (χ1v) is 30.3. The molecule has 0 aliphatic carbocycles. The molecule has 23 heteroatoms. The van der Waals surface area contributed by atoms with Gasteiger partial charge in [-0.1, -0.05) is 94.2 Å². The topological polar surface area (TPSA) is 286 Å². The summed E-state index contributed by atoms with van der Waals surface area (Å²) in [6, 6.07) is 4.85. The second kappa shape index (κ2) is 37.0. The molecule has 6 amide bonds. The molecule has 82 heavy (non-hydrogen) atoms. The maximum atomic E-state index is 14.8. The molecule has 2 heterocycles. The van der Waals surface area contributed by atoms with Gasteiger partial charge in [0.05, 0.1) is 24.7 Å². The maximum Gasteiger partial charge on any atom is 0.412 e. The summed E-state index contributed by atoms with van der Waals surface area (Å²) in [5, 5.41) is 35.9. The van der Waals surface area contributed by atoms with Crippen LogP contribution in [0.15, 0.2) is 29.6 Å². The summed E-state index contributed by atoms with van der Waals surface area (Å²) < 4.78 is 28.0. The number of aromatic nitrogens is 1. The SMILES string of the molecule is CCCO[C@H](C[C@H](C(C)C)N(CCC)C(=O)[C@@H](NC(=O)[C@H]1CCCCN1C)[C@@H](C)CC)c1nc(C(=O)N[C@@H](Cc2ccc(OC(=O)NCCCCNC(=O)CCNC(=O)OCC(OC)OC(CO)C(C)(C)C)cc2)C[C@H](C)C(=O)O)cs1. The Hall–Kier alpha value is -5.46. The number of carbonyl (C=O) groups excluding carboxylic acids is 6. The van der Waals surface area contributed by atoms with Crippen molar-refractivity contribution >= 4 is 53.1 Å². The number of carbonyl (C=O) groups is 7. The summed E-state index contributed by atoms with van der Waals surface area (Å²) in [5.41, 5.74) is 0.560. The molecule has 1 aromatic heterocycles. The van der Waals surface area contributed by atoms with E-state index in [1.54, 1.807) is 36.6 Å². The van der Waals surface area contributed by atoms with E-state index in [0.717, 1.165) is 37.8 Å². The van der Waals surface area contributed by atoms with Gasteiger partial charge in [-0.3, -0.25) is 28.9 Å². The third kappa shape index (κ3) is 24.8. The van der Waals surface area contributed by atoms with Crippen LogP contribution in [-0.4, -0.2) is 170 Å². The number of hydrogen-bond acceptors (Lipinski definition) is 16. The number of hydrogen-bond donors (Lipinski definition) is 7. The van der Waals surface area contributed by atoms with Gasteiger partial charge in [0.25, 0.3) is 5.91 Å². The molecule has 0 radical (unpaired) electrons. The molecule has 3 rings (SSSR count). The third-order valence-electron chi connectivity index (χ3n) is 14.7. The Bertz CT molecular complexity index is 2260. The van der Waals surface area contributed by atoms with Crippen molar-refractivity contribution in [3.8, 4) is 5.75 Å². The number of piperidine rings is 1. The highest BCUT2D eigenvalue weighted by atomic mass is 32.1. The number of thiazole rings is 1. The van der Waals surface area contributed by atoms with Crippen LogP contribution in [0.4, 0.5) is 9.59 Å². The Morgan fingerprint density at radius 3 is 2.17 bits per heavy atom. The molecule has 0 saturated carbocycles. The van der Waals surface area contributed by atoms with E-state index in [0.29, 0.717) is 56.8 Å². The molecular formula is C59H98N8O14S.